The lowest BCUT2D eigenvalue weighted by Crippen LogP contribution is -2.10. The average molecular weight is 221 g/mol. The first kappa shape index (κ1) is 12.2. The molecule has 2 N–H and O–H groups in total. The molecule has 0 bridgehead atoms. The quantitative estimate of drug-likeness (QED) is 0.819. The molecule has 0 saturated carbocycles. The zero-order valence-electron chi connectivity index (χ0n) is 9.63. The van der Waals surface area contributed by atoms with Gasteiger partial charge < -0.3 is 10.4 Å². The SMILES string of the molecule is CC(=O)Nc1c(C)cc(CC(=O)O)cc1C. The Labute approximate surface area is 94.3 Å². The number of carbonyl (C=O) groups excluding carboxylic acids is 1. The second-order valence-corrected chi connectivity index (χ2v) is 3.86. The summed E-state index contributed by atoms with van der Waals surface area (Å²) >= 11 is 0. The third kappa shape index (κ3) is 3.08. The molecule has 4 heteroatoms. The summed E-state index contributed by atoms with van der Waals surface area (Å²) in [4.78, 5) is 21.6. The van der Waals surface area contributed by atoms with Crippen molar-refractivity contribution < 1.29 is 14.7 Å². The maximum absolute atomic E-state index is 11.0. The van der Waals surface area contributed by atoms with E-state index in [1.54, 1.807) is 12.1 Å². The number of carbonyl (C=O) groups is 2. The smallest absolute Gasteiger partial charge is 0.307 e. The Morgan fingerprint density at radius 2 is 1.75 bits per heavy atom. The minimum absolute atomic E-state index is 0.00202. The lowest BCUT2D eigenvalue weighted by Gasteiger charge is -2.12. The molecule has 4 nitrogen and oxygen atoms in total. The van der Waals surface area contributed by atoms with Gasteiger partial charge in [-0.15, -0.1) is 0 Å². The van der Waals surface area contributed by atoms with Crippen molar-refractivity contribution in [3.05, 3.63) is 28.8 Å². The molecule has 0 aromatic heterocycles. The van der Waals surface area contributed by atoms with Crippen LogP contribution >= 0.6 is 0 Å². The Hall–Kier alpha value is -1.84. The number of nitrogens with one attached hydrogen (secondary N) is 1. The molecule has 1 rings (SSSR count). The fourth-order valence-corrected chi connectivity index (χ4v) is 1.70. The Balaban J connectivity index is 3.06. The van der Waals surface area contributed by atoms with Gasteiger partial charge in [-0.2, -0.15) is 0 Å². The van der Waals surface area contributed by atoms with Crippen molar-refractivity contribution in [2.24, 2.45) is 0 Å². The molecule has 86 valence electrons. The monoisotopic (exact) mass is 221 g/mol. The summed E-state index contributed by atoms with van der Waals surface area (Å²) in [6.45, 7) is 5.15. The molecule has 0 spiro atoms. The highest BCUT2D eigenvalue weighted by atomic mass is 16.4. The van der Waals surface area contributed by atoms with Gasteiger partial charge in [0.2, 0.25) is 5.91 Å². The molecule has 16 heavy (non-hydrogen) atoms. The van der Waals surface area contributed by atoms with Gasteiger partial charge in [0.1, 0.15) is 0 Å². The van der Waals surface area contributed by atoms with E-state index in [4.69, 9.17) is 5.11 Å². The van der Waals surface area contributed by atoms with Crippen LogP contribution in [-0.4, -0.2) is 17.0 Å². The molecule has 0 fully saturated rings. The second-order valence-electron chi connectivity index (χ2n) is 3.86. The standard InChI is InChI=1S/C12H15NO3/c1-7-4-10(6-11(15)16)5-8(2)12(7)13-9(3)14/h4-5H,6H2,1-3H3,(H,13,14)(H,15,16). The topological polar surface area (TPSA) is 66.4 Å². The van der Waals surface area contributed by atoms with Crippen LogP contribution in [0, 0.1) is 13.8 Å². The number of hydrogen-bond acceptors (Lipinski definition) is 2. The van der Waals surface area contributed by atoms with E-state index in [1.165, 1.54) is 6.92 Å². The van der Waals surface area contributed by atoms with Crippen molar-refractivity contribution in [1.29, 1.82) is 0 Å². The highest BCUT2D eigenvalue weighted by Crippen LogP contribution is 2.22. The zero-order chi connectivity index (χ0) is 12.3. The number of carboxylic acids is 1. The largest absolute Gasteiger partial charge is 0.481 e. The molecule has 0 atom stereocenters. The number of benzene rings is 1. The fraction of sp³-hybridized carbons (Fsp3) is 0.333. The van der Waals surface area contributed by atoms with Gasteiger partial charge >= 0.3 is 5.97 Å². The minimum atomic E-state index is -0.855. The summed E-state index contributed by atoms with van der Waals surface area (Å²) in [7, 11) is 0. The van der Waals surface area contributed by atoms with Gasteiger partial charge in [-0.3, -0.25) is 9.59 Å². The van der Waals surface area contributed by atoms with Crippen molar-refractivity contribution in [3.63, 3.8) is 0 Å². The number of amides is 1. The summed E-state index contributed by atoms with van der Waals surface area (Å²) in [5.41, 5.74) is 3.27. The van der Waals surface area contributed by atoms with Crippen LogP contribution in [0.1, 0.15) is 23.6 Å². The van der Waals surface area contributed by atoms with Crippen LogP contribution in [0.3, 0.4) is 0 Å². The van der Waals surface area contributed by atoms with Crippen LogP contribution in [0.5, 0.6) is 0 Å². The highest BCUT2D eigenvalue weighted by Gasteiger charge is 2.08. The van der Waals surface area contributed by atoms with Gasteiger partial charge in [-0.1, -0.05) is 12.1 Å². The molecule has 0 unspecified atom stereocenters. The van der Waals surface area contributed by atoms with E-state index in [0.29, 0.717) is 0 Å². The van der Waals surface area contributed by atoms with Crippen LogP contribution < -0.4 is 5.32 Å². The van der Waals surface area contributed by atoms with Gasteiger partial charge in [0.25, 0.3) is 0 Å². The molecular weight excluding hydrogens is 206 g/mol. The molecule has 0 heterocycles. The van der Waals surface area contributed by atoms with E-state index in [1.807, 2.05) is 13.8 Å². The molecule has 1 amide bonds. The first-order valence-electron chi connectivity index (χ1n) is 4.99. The molecule has 0 saturated heterocycles. The number of hydrogen-bond donors (Lipinski definition) is 2. The van der Waals surface area contributed by atoms with Crippen LogP contribution in [0.4, 0.5) is 5.69 Å². The summed E-state index contributed by atoms with van der Waals surface area (Å²) in [6, 6.07) is 3.57. The molecule has 1 aromatic rings. The van der Waals surface area contributed by atoms with Crippen molar-refractivity contribution in [1.82, 2.24) is 0 Å². The van der Waals surface area contributed by atoms with Crippen molar-refractivity contribution in [3.8, 4) is 0 Å². The summed E-state index contributed by atoms with van der Waals surface area (Å²) < 4.78 is 0. The highest BCUT2D eigenvalue weighted by molar-refractivity contribution is 5.90. The van der Waals surface area contributed by atoms with Gasteiger partial charge in [-0.05, 0) is 30.5 Å². The van der Waals surface area contributed by atoms with E-state index < -0.39 is 5.97 Å². The number of carboxylic acid groups (broad SMARTS) is 1. The number of aryl methyl sites for hydroxylation is 2. The van der Waals surface area contributed by atoms with Crippen LogP contribution in [0.2, 0.25) is 0 Å². The fourth-order valence-electron chi connectivity index (χ4n) is 1.70. The third-order valence-electron chi connectivity index (χ3n) is 2.25. The number of rotatable bonds is 3. The first-order valence-corrected chi connectivity index (χ1v) is 4.99. The number of aliphatic carboxylic acids is 1. The van der Waals surface area contributed by atoms with Crippen LogP contribution in [0.15, 0.2) is 12.1 Å². The average Bonchev–Trinajstić information content (AvgIpc) is 2.10. The van der Waals surface area contributed by atoms with E-state index in [0.717, 1.165) is 22.4 Å². The zero-order valence-corrected chi connectivity index (χ0v) is 9.63. The Kier molecular flexibility index (Phi) is 3.66. The van der Waals surface area contributed by atoms with Gasteiger partial charge in [0.15, 0.2) is 0 Å². The van der Waals surface area contributed by atoms with E-state index >= 15 is 0 Å². The molecule has 0 aliphatic carbocycles. The summed E-state index contributed by atoms with van der Waals surface area (Å²) in [5, 5.41) is 11.4. The lowest BCUT2D eigenvalue weighted by atomic mass is 10.0. The first-order chi connectivity index (χ1) is 7.40. The van der Waals surface area contributed by atoms with Crippen molar-refractivity contribution in [2.45, 2.75) is 27.2 Å². The van der Waals surface area contributed by atoms with Gasteiger partial charge in [-0.25, -0.2) is 0 Å². The van der Waals surface area contributed by atoms with E-state index in [-0.39, 0.29) is 12.3 Å². The second kappa shape index (κ2) is 4.79. The van der Waals surface area contributed by atoms with Crippen molar-refractivity contribution in [2.75, 3.05) is 5.32 Å². The molecule has 1 aromatic carbocycles. The van der Waals surface area contributed by atoms with Crippen LogP contribution in [-0.2, 0) is 16.0 Å². The maximum Gasteiger partial charge on any atom is 0.307 e. The Bertz CT molecular complexity index is 415. The van der Waals surface area contributed by atoms with Gasteiger partial charge in [0, 0.05) is 12.6 Å². The molecule has 0 aliphatic heterocycles. The molecule has 0 radical (unpaired) electrons. The summed E-state index contributed by atoms with van der Waals surface area (Å²) in [6.07, 6.45) is 0.00202. The lowest BCUT2D eigenvalue weighted by molar-refractivity contribution is -0.136. The number of anilines is 1. The Morgan fingerprint density at radius 3 is 2.12 bits per heavy atom. The van der Waals surface area contributed by atoms with Gasteiger partial charge in [0.05, 0.1) is 6.42 Å². The maximum atomic E-state index is 11.0. The third-order valence-corrected chi connectivity index (χ3v) is 2.25. The van der Waals surface area contributed by atoms with Crippen LogP contribution in [0.25, 0.3) is 0 Å². The molecule has 0 aliphatic rings. The Morgan fingerprint density at radius 1 is 1.25 bits per heavy atom. The van der Waals surface area contributed by atoms with E-state index in [2.05, 4.69) is 5.32 Å². The molecular formula is C12H15NO3. The normalized spacial score (nSPS) is 9.94. The predicted octanol–water partition coefficient (Wildman–Crippen LogP) is 1.89. The summed E-state index contributed by atoms with van der Waals surface area (Å²) in [5.74, 6) is -0.983. The predicted molar refractivity (Wildman–Crippen MR) is 61.6 cm³/mol. The van der Waals surface area contributed by atoms with Crippen molar-refractivity contribution >= 4 is 17.6 Å². The van der Waals surface area contributed by atoms with E-state index in [9.17, 15) is 9.59 Å². The minimum Gasteiger partial charge on any atom is -0.481 e.